The molecular formula is C15H23N3O. The minimum atomic E-state index is 0.657. The monoisotopic (exact) mass is 261 g/mol. The van der Waals surface area contributed by atoms with E-state index in [-0.39, 0.29) is 0 Å². The third kappa shape index (κ3) is 3.70. The molecule has 0 aromatic carbocycles. The Labute approximate surface area is 114 Å². The molecular weight excluding hydrogens is 238 g/mol. The predicted octanol–water partition coefficient (Wildman–Crippen LogP) is 2.89. The summed E-state index contributed by atoms with van der Waals surface area (Å²) in [5.41, 5.74) is 1.22. The smallest absolute Gasteiger partial charge is 0.118 e. The molecule has 0 saturated heterocycles. The Kier molecular flexibility index (Phi) is 4.43. The first kappa shape index (κ1) is 13.9. The van der Waals surface area contributed by atoms with Crippen LogP contribution in [0.4, 0.5) is 0 Å². The van der Waals surface area contributed by atoms with Gasteiger partial charge in [-0.1, -0.05) is 13.8 Å². The lowest BCUT2D eigenvalue weighted by Gasteiger charge is -2.04. The Morgan fingerprint density at radius 2 is 2.16 bits per heavy atom. The molecule has 0 unspecified atom stereocenters. The number of furan rings is 1. The first-order chi connectivity index (χ1) is 9.06. The molecule has 0 aliphatic carbocycles. The molecule has 2 aromatic rings. The van der Waals surface area contributed by atoms with Crippen LogP contribution in [-0.4, -0.2) is 16.1 Å². The van der Waals surface area contributed by atoms with Gasteiger partial charge in [-0.05, 0) is 32.4 Å². The van der Waals surface area contributed by atoms with Crippen molar-refractivity contribution in [3.05, 3.63) is 41.4 Å². The molecule has 1 N–H and O–H groups in total. The number of aromatic nitrogens is 2. The van der Waals surface area contributed by atoms with Crippen LogP contribution in [0.5, 0.6) is 0 Å². The maximum Gasteiger partial charge on any atom is 0.118 e. The Hall–Kier alpha value is -1.55. The third-order valence-corrected chi connectivity index (χ3v) is 3.19. The van der Waals surface area contributed by atoms with Crippen molar-refractivity contribution in [2.24, 2.45) is 5.92 Å². The highest BCUT2D eigenvalue weighted by molar-refractivity contribution is 5.21. The zero-order valence-corrected chi connectivity index (χ0v) is 12.2. The maximum absolute atomic E-state index is 5.79. The lowest BCUT2D eigenvalue weighted by Crippen LogP contribution is -2.18. The maximum atomic E-state index is 5.79. The molecule has 0 atom stereocenters. The van der Waals surface area contributed by atoms with Crippen LogP contribution in [0.2, 0.25) is 0 Å². The van der Waals surface area contributed by atoms with Crippen LogP contribution in [0.25, 0.3) is 0 Å². The van der Waals surface area contributed by atoms with Gasteiger partial charge in [-0.25, -0.2) is 4.98 Å². The highest BCUT2D eigenvalue weighted by Crippen LogP contribution is 2.16. The van der Waals surface area contributed by atoms with Crippen molar-refractivity contribution >= 4 is 0 Å². The number of nitrogens with zero attached hydrogens (tertiary/aromatic N) is 2. The largest absolute Gasteiger partial charge is 0.465 e. The lowest BCUT2D eigenvalue weighted by molar-refractivity contribution is 0.446. The Morgan fingerprint density at radius 3 is 2.79 bits per heavy atom. The Balaban J connectivity index is 1.99. The predicted molar refractivity (Wildman–Crippen MR) is 76.1 cm³/mol. The van der Waals surface area contributed by atoms with E-state index in [1.807, 2.05) is 26.2 Å². The topological polar surface area (TPSA) is 43.0 Å². The molecule has 19 heavy (non-hydrogen) atoms. The van der Waals surface area contributed by atoms with Gasteiger partial charge in [0, 0.05) is 18.0 Å². The molecule has 2 rings (SSSR count). The molecule has 0 radical (unpaired) electrons. The van der Waals surface area contributed by atoms with E-state index < -0.39 is 0 Å². The van der Waals surface area contributed by atoms with E-state index in [1.165, 1.54) is 5.56 Å². The zero-order valence-electron chi connectivity index (χ0n) is 12.2. The molecule has 0 spiro atoms. The van der Waals surface area contributed by atoms with Gasteiger partial charge in [-0.2, -0.15) is 0 Å². The first-order valence-corrected chi connectivity index (χ1v) is 6.83. The van der Waals surface area contributed by atoms with E-state index in [0.29, 0.717) is 5.92 Å². The van der Waals surface area contributed by atoms with Crippen molar-refractivity contribution in [3.63, 3.8) is 0 Å². The standard InChI is InChI=1S/C15H23N3O/c1-11(2)8-16-9-15-7-14(12(3)19-15)10-18-6-5-17-13(18)4/h5-7,11,16H,8-10H2,1-4H3. The van der Waals surface area contributed by atoms with Crippen molar-refractivity contribution in [1.82, 2.24) is 14.9 Å². The molecule has 0 aliphatic rings. The third-order valence-electron chi connectivity index (χ3n) is 3.19. The summed E-state index contributed by atoms with van der Waals surface area (Å²) in [6.45, 7) is 11.1. The first-order valence-electron chi connectivity index (χ1n) is 6.83. The molecule has 0 saturated carbocycles. The highest BCUT2D eigenvalue weighted by atomic mass is 16.3. The van der Waals surface area contributed by atoms with Gasteiger partial charge in [0.1, 0.15) is 17.3 Å². The fourth-order valence-electron chi connectivity index (χ4n) is 2.07. The van der Waals surface area contributed by atoms with Gasteiger partial charge >= 0.3 is 0 Å². The molecule has 4 nitrogen and oxygen atoms in total. The van der Waals surface area contributed by atoms with Gasteiger partial charge in [0.2, 0.25) is 0 Å². The van der Waals surface area contributed by atoms with Crippen LogP contribution >= 0.6 is 0 Å². The Morgan fingerprint density at radius 1 is 1.37 bits per heavy atom. The van der Waals surface area contributed by atoms with E-state index in [9.17, 15) is 0 Å². The summed E-state index contributed by atoms with van der Waals surface area (Å²) < 4.78 is 7.92. The van der Waals surface area contributed by atoms with Crippen molar-refractivity contribution in [3.8, 4) is 0 Å². The fourth-order valence-corrected chi connectivity index (χ4v) is 2.07. The van der Waals surface area contributed by atoms with Crippen LogP contribution in [0.15, 0.2) is 22.9 Å². The average Bonchev–Trinajstić information content (AvgIpc) is 2.87. The normalized spacial score (nSPS) is 11.4. The zero-order chi connectivity index (χ0) is 13.8. The SMILES string of the molecule is Cc1oc(CNCC(C)C)cc1Cn1ccnc1C. The average molecular weight is 261 g/mol. The van der Waals surface area contributed by atoms with Crippen LogP contribution in [0.3, 0.4) is 0 Å². The number of hydrogen-bond donors (Lipinski definition) is 1. The van der Waals surface area contributed by atoms with Crippen molar-refractivity contribution in [2.75, 3.05) is 6.54 Å². The van der Waals surface area contributed by atoms with Gasteiger partial charge in [0.25, 0.3) is 0 Å². The molecule has 4 heteroatoms. The van der Waals surface area contributed by atoms with Gasteiger partial charge in [-0.3, -0.25) is 0 Å². The summed E-state index contributed by atoms with van der Waals surface area (Å²) in [4.78, 5) is 4.24. The van der Waals surface area contributed by atoms with Crippen molar-refractivity contribution < 1.29 is 4.42 Å². The lowest BCUT2D eigenvalue weighted by atomic mass is 10.2. The molecule has 104 valence electrons. The second kappa shape index (κ2) is 6.06. The number of aryl methyl sites for hydroxylation is 2. The van der Waals surface area contributed by atoms with E-state index in [1.54, 1.807) is 0 Å². The van der Waals surface area contributed by atoms with Crippen LogP contribution in [-0.2, 0) is 13.1 Å². The molecule has 0 amide bonds. The van der Waals surface area contributed by atoms with Gasteiger partial charge in [0.15, 0.2) is 0 Å². The molecule has 2 heterocycles. The minimum Gasteiger partial charge on any atom is -0.465 e. The minimum absolute atomic E-state index is 0.657. The van der Waals surface area contributed by atoms with Gasteiger partial charge in [0.05, 0.1) is 13.1 Å². The van der Waals surface area contributed by atoms with Crippen molar-refractivity contribution in [2.45, 2.75) is 40.8 Å². The molecule has 0 fully saturated rings. The molecule has 0 bridgehead atoms. The number of hydrogen-bond acceptors (Lipinski definition) is 3. The van der Waals surface area contributed by atoms with Crippen LogP contribution < -0.4 is 5.32 Å². The molecule has 2 aromatic heterocycles. The van der Waals surface area contributed by atoms with E-state index in [0.717, 1.165) is 37.0 Å². The van der Waals surface area contributed by atoms with Gasteiger partial charge in [-0.15, -0.1) is 0 Å². The van der Waals surface area contributed by atoms with E-state index in [4.69, 9.17) is 4.42 Å². The number of rotatable bonds is 6. The van der Waals surface area contributed by atoms with Crippen LogP contribution in [0, 0.1) is 19.8 Å². The number of nitrogens with one attached hydrogen (secondary N) is 1. The summed E-state index contributed by atoms with van der Waals surface area (Å²) in [7, 11) is 0. The number of imidazole rings is 1. The second-order valence-electron chi connectivity index (χ2n) is 5.42. The summed E-state index contributed by atoms with van der Waals surface area (Å²) in [6, 6.07) is 2.14. The Bertz CT molecular complexity index is 525. The second-order valence-corrected chi connectivity index (χ2v) is 5.42. The summed E-state index contributed by atoms with van der Waals surface area (Å²) in [5.74, 6) is 3.68. The molecule has 0 aliphatic heterocycles. The highest BCUT2D eigenvalue weighted by Gasteiger charge is 2.09. The van der Waals surface area contributed by atoms with E-state index >= 15 is 0 Å². The fraction of sp³-hybridized carbons (Fsp3) is 0.533. The van der Waals surface area contributed by atoms with Gasteiger partial charge < -0.3 is 14.3 Å². The van der Waals surface area contributed by atoms with E-state index in [2.05, 4.69) is 34.8 Å². The summed E-state index contributed by atoms with van der Waals surface area (Å²) in [5, 5.41) is 3.40. The van der Waals surface area contributed by atoms with Crippen LogP contribution in [0.1, 0.15) is 36.8 Å². The summed E-state index contributed by atoms with van der Waals surface area (Å²) in [6.07, 6.45) is 3.83. The van der Waals surface area contributed by atoms with Crippen molar-refractivity contribution in [1.29, 1.82) is 0 Å². The quantitative estimate of drug-likeness (QED) is 0.869. The summed E-state index contributed by atoms with van der Waals surface area (Å²) >= 11 is 0.